The van der Waals surface area contributed by atoms with Gasteiger partial charge in [0, 0.05) is 11.3 Å². The summed E-state index contributed by atoms with van der Waals surface area (Å²) in [5.74, 6) is -1.10. The number of halogens is 3. The van der Waals surface area contributed by atoms with Crippen LogP contribution in [-0.4, -0.2) is 34.8 Å². The summed E-state index contributed by atoms with van der Waals surface area (Å²) >= 11 is 0. The number of alkyl halides is 3. The minimum Gasteiger partial charge on any atom is -0.324 e. The van der Waals surface area contributed by atoms with Crippen molar-refractivity contribution in [3.63, 3.8) is 0 Å². The maximum Gasteiger partial charge on any atom is 0.416 e. The molecule has 0 unspecified atom stereocenters. The Hall–Kier alpha value is -3.28. The molecule has 1 aromatic carbocycles. The van der Waals surface area contributed by atoms with Crippen LogP contribution in [0.15, 0.2) is 46.3 Å². The molecule has 186 valence electrons. The van der Waals surface area contributed by atoms with Crippen LogP contribution in [0, 0.1) is 5.92 Å². The van der Waals surface area contributed by atoms with Crippen molar-refractivity contribution < 1.29 is 26.4 Å². The first-order valence-corrected chi connectivity index (χ1v) is 12.8. The van der Waals surface area contributed by atoms with Crippen molar-refractivity contribution in [2.24, 2.45) is 5.92 Å². The fraction of sp³-hybridized carbons (Fsp3) is 0.391. The van der Waals surface area contributed by atoms with Gasteiger partial charge in [-0.25, -0.2) is 13.4 Å². The molecule has 0 aliphatic heterocycles. The van der Waals surface area contributed by atoms with Crippen molar-refractivity contribution in [2.45, 2.75) is 50.1 Å². The van der Waals surface area contributed by atoms with Crippen LogP contribution in [0.25, 0.3) is 16.6 Å². The number of pyridine rings is 1. The third-order valence-electron chi connectivity index (χ3n) is 6.11. The zero-order valence-electron chi connectivity index (χ0n) is 18.8. The van der Waals surface area contributed by atoms with Crippen LogP contribution in [0.5, 0.6) is 0 Å². The second-order valence-electron chi connectivity index (χ2n) is 8.43. The summed E-state index contributed by atoms with van der Waals surface area (Å²) < 4.78 is 65.9. The summed E-state index contributed by atoms with van der Waals surface area (Å²) in [6, 6.07) is 3.86. The van der Waals surface area contributed by atoms with Gasteiger partial charge >= 0.3 is 6.18 Å². The highest BCUT2D eigenvalue weighted by Crippen LogP contribution is 2.31. The van der Waals surface area contributed by atoms with E-state index < -0.39 is 27.1 Å². The molecule has 1 saturated carbocycles. The maximum absolute atomic E-state index is 13.2. The number of nitrogens with zero attached hydrogens (tertiary/aromatic N) is 3. The number of amides is 1. The first-order valence-electron chi connectivity index (χ1n) is 11.1. The van der Waals surface area contributed by atoms with E-state index in [1.54, 1.807) is 0 Å². The summed E-state index contributed by atoms with van der Waals surface area (Å²) in [5, 5.41) is 6.52. The lowest BCUT2D eigenvalue weighted by molar-refractivity contribution is -0.137. The van der Waals surface area contributed by atoms with Gasteiger partial charge in [-0.1, -0.05) is 32.3 Å². The van der Waals surface area contributed by atoms with Crippen LogP contribution in [0.3, 0.4) is 0 Å². The second kappa shape index (κ2) is 9.40. The molecule has 0 spiro atoms. The standard InChI is InChI=1S/C23H23F3N4O4S/c1-2-35(33,34)19-11-17(29-21(31)14-6-4-3-5-7-14)13-27-20(19)30-22(32)18-10-16(23(24,25)26)9-8-15(18)12-28-30/h8-14H,2-7H2,1H3,(H,29,31). The molecule has 1 amide bonds. The number of sulfone groups is 1. The van der Waals surface area contributed by atoms with E-state index in [9.17, 15) is 31.2 Å². The molecule has 4 rings (SSSR count). The van der Waals surface area contributed by atoms with Gasteiger partial charge in [0.2, 0.25) is 5.91 Å². The van der Waals surface area contributed by atoms with Gasteiger partial charge in [0.25, 0.3) is 5.56 Å². The van der Waals surface area contributed by atoms with Crippen LogP contribution in [-0.2, 0) is 20.8 Å². The Labute approximate surface area is 199 Å². The molecule has 1 N–H and O–H groups in total. The van der Waals surface area contributed by atoms with Gasteiger partial charge in [0.1, 0.15) is 4.90 Å². The summed E-state index contributed by atoms with van der Waals surface area (Å²) in [7, 11) is -3.96. The monoisotopic (exact) mass is 508 g/mol. The van der Waals surface area contributed by atoms with E-state index in [1.807, 2.05) is 0 Å². The summed E-state index contributed by atoms with van der Waals surface area (Å²) in [6.45, 7) is 1.40. The predicted molar refractivity (Wildman–Crippen MR) is 123 cm³/mol. The highest BCUT2D eigenvalue weighted by Gasteiger charge is 2.31. The molecule has 3 aromatic rings. The molecule has 0 bridgehead atoms. The van der Waals surface area contributed by atoms with Crippen molar-refractivity contribution in [1.82, 2.24) is 14.8 Å². The van der Waals surface area contributed by atoms with Crippen LogP contribution >= 0.6 is 0 Å². The minimum atomic E-state index is -4.66. The van der Waals surface area contributed by atoms with Gasteiger partial charge in [-0.15, -0.1) is 0 Å². The summed E-state index contributed by atoms with van der Waals surface area (Å²) in [4.78, 5) is 29.4. The van der Waals surface area contributed by atoms with Crippen LogP contribution in [0.4, 0.5) is 18.9 Å². The summed E-state index contributed by atoms with van der Waals surface area (Å²) in [6.07, 6.45) is 2.14. The number of anilines is 1. The Morgan fingerprint density at radius 2 is 1.86 bits per heavy atom. The zero-order chi connectivity index (χ0) is 25.4. The third-order valence-corrected chi connectivity index (χ3v) is 7.84. The molecule has 0 radical (unpaired) electrons. The molecule has 1 fully saturated rings. The SMILES string of the molecule is CCS(=O)(=O)c1cc(NC(=O)C2CCCCC2)cnc1-n1ncc2ccc(C(F)(F)F)cc2c1=O. The Morgan fingerprint density at radius 3 is 2.51 bits per heavy atom. The minimum absolute atomic E-state index is 0.143. The van der Waals surface area contributed by atoms with E-state index in [0.717, 1.165) is 44.2 Å². The highest BCUT2D eigenvalue weighted by molar-refractivity contribution is 7.91. The van der Waals surface area contributed by atoms with Crippen LogP contribution in [0.2, 0.25) is 0 Å². The number of carbonyl (C=O) groups excluding carboxylic acids is 1. The smallest absolute Gasteiger partial charge is 0.324 e. The molecule has 1 aliphatic carbocycles. The topological polar surface area (TPSA) is 111 Å². The van der Waals surface area contributed by atoms with Gasteiger partial charge < -0.3 is 5.32 Å². The van der Waals surface area contributed by atoms with E-state index in [0.29, 0.717) is 10.7 Å². The quantitative estimate of drug-likeness (QED) is 0.555. The molecule has 2 heterocycles. The van der Waals surface area contributed by atoms with E-state index in [1.165, 1.54) is 25.4 Å². The number of fused-ring (bicyclic) bond motifs is 1. The zero-order valence-corrected chi connectivity index (χ0v) is 19.6. The van der Waals surface area contributed by atoms with E-state index in [2.05, 4.69) is 15.4 Å². The van der Waals surface area contributed by atoms with E-state index in [4.69, 9.17) is 0 Å². The van der Waals surface area contributed by atoms with Gasteiger partial charge in [0.15, 0.2) is 15.7 Å². The summed E-state index contributed by atoms with van der Waals surface area (Å²) in [5.41, 5.74) is -1.83. The normalized spacial score (nSPS) is 15.3. The third kappa shape index (κ3) is 5.07. The lowest BCUT2D eigenvalue weighted by atomic mass is 9.88. The lowest BCUT2D eigenvalue weighted by Crippen LogP contribution is -2.26. The number of benzene rings is 1. The molecule has 0 saturated heterocycles. The Bertz CT molecular complexity index is 1450. The van der Waals surface area contributed by atoms with Gasteiger partial charge in [-0.05, 0) is 31.0 Å². The van der Waals surface area contributed by atoms with Crippen molar-refractivity contribution in [3.05, 3.63) is 52.6 Å². The van der Waals surface area contributed by atoms with Crippen molar-refractivity contribution in [3.8, 4) is 5.82 Å². The Balaban J connectivity index is 1.81. The molecule has 0 atom stereocenters. The first kappa shape index (κ1) is 24.8. The van der Waals surface area contributed by atoms with E-state index in [-0.39, 0.29) is 44.8 Å². The molecule has 12 heteroatoms. The van der Waals surface area contributed by atoms with E-state index >= 15 is 0 Å². The fourth-order valence-corrected chi connectivity index (χ4v) is 5.16. The molecule has 8 nitrogen and oxygen atoms in total. The molecular weight excluding hydrogens is 485 g/mol. The Morgan fingerprint density at radius 1 is 1.14 bits per heavy atom. The number of aromatic nitrogens is 3. The Kier molecular flexibility index (Phi) is 6.67. The van der Waals surface area contributed by atoms with Crippen molar-refractivity contribution >= 4 is 32.2 Å². The average Bonchev–Trinajstić information content (AvgIpc) is 2.84. The average molecular weight is 509 g/mol. The van der Waals surface area contributed by atoms with Crippen molar-refractivity contribution in [2.75, 3.05) is 11.1 Å². The largest absolute Gasteiger partial charge is 0.416 e. The second-order valence-corrected chi connectivity index (χ2v) is 10.7. The fourth-order valence-electron chi connectivity index (χ4n) is 4.13. The molecule has 1 aliphatic rings. The van der Waals surface area contributed by atoms with Crippen LogP contribution < -0.4 is 10.9 Å². The maximum atomic E-state index is 13.2. The number of carbonyl (C=O) groups is 1. The van der Waals surface area contributed by atoms with Crippen molar-refractivity contribution in [1.29, 1.82) is 0 Å². The highest BCUT2D eigenvalue weighted by atomic mass is 32.2. The number of hydrogen-bond donors (Lipinski definition) is 1. The van der Waals surface area contributed by atoms with Gasteiger partial charge in [0.05, 0.1) is 34.8 Å². The number of hydrogen-bond acceptors (Lipinski definition) is 6. The molecule has 2 aromatic heterocycles. The lowest BCUT2D eigenvalue weighted by Gasteiger charge is -2.21. The van der Waals surface area contributed by atoms with Gasteiger partial charge in [-0.2, -0.15) is 23.0 Å². The predicted octanol–water partition coefficient (Wildman–Crippen LogP) is 4.11. The van der Waals surface area contributed by atoms with Gasteiger partial charge in [-0.3, -0.25) is 9.59 Å². The molecular formula is C23H23F3N4O4S. The van der Waals surface area contributed by atoms with Crippen LogP contribution in [0.1, 0.15) is 44.6 Å². The molecule has 35 heavy (non-hydrogen) atoms. The number of nitrogens with one attached hydrogen (secondary N) is 1. The first-order chi connectivity index (χ1) is 16.5. The number of rotatable bonds is 5.